The largest absolute Gasteiger partial charge is 0.352 e. The Morgan fingerprint density at radius 3 is 2.54 bits per heavy atom. The number of likely N-dealkylation sites (tertiary alicyclic amines) is 1. The molecule has 1 aliphatic heterocycles. The molecule has 1 saturated heterocycles. The van der Waals surface area contributed by atoms with Gasteiger partial charge in [0.1, 0.15) is 0 Å². The Labute approximate surface area is 155 Å². The van der Waals surface area contributed by atoms with Crippen LogP contribution in [0.3, 0.4) is 0 Å². The molecule has 0 bridgehead atoms. The van der Waals surface area contributed by atoms with Crippen molar-refractivity contribution >= 4 is 5.91 Å². The minimum absolute atomic E-state index is 0.0797. The maximum absolute atomic E-state index is 12.4. The Balaban J connectivity index is 1.47. The first kappa shape index (κ1) is 18.6. The summed E-state index contributed by atoms with van der Waals surface area (Å²) in [5.74, 6) is 1.92. The van der Waals surface area contributed by atoms with Crippen LogP contribution < -0.4 is 5.32 Å². The van der Waals surface area contributed by atoms with E-state index in [9.17, 15) is 4.79 Å². The molecule has 1 aromatic carbocycles. The van der Waals surface area contributed by atoms with Crippen LogP contribution in [0, 0.1) is 5.92 Å². The SMILES string of the molecule is CC(C)c1noc([C@@H](C)N2CCC(C(=O)NCc3ccccc3)CC2)n1. The molecule has 140 valence electrons. The number of hydrogen-bond donors (Lipinski definition) is 1. The smallest absolute Gasteiger partial charge is 0.243 e. The van der Waals surface area contributed by atoms with E-state index in [1.807, 2.05) is 30.3 Å². The lowest BCUT2D eigenvalue weighted by Crippen LogP contribution is -2.41. The van der Waals surface area contributed by atoms with Gasteiger partial charge >= 0.3 is 0 Å². The summed E-state index contributed by atoms with van der Waals surface area (Å²) in [5, 5.41) is 7.11. The average Bonchev–Trinajstić information content (AvgIpc) is 3.17. The molecule has 0 unspecified atom stereocenters. The minimum atomic E-state index is 0.0797. The Morgan fingerprint density at radius 2 is 1.92 bits per heavy atom. The second-order valence-corrected chi connectivity index (χ2v) is 7.34. The van der Waals surface area contributed by atoms with E-state index in [0.29, 0.717) is 12.4 Å². The van der Waals surface area contributed by atoms with E-state index < -0.39 is 0 Å². The predicted octanol–water partition coefficient (Wildman–Crippen LogP) is 3.28. The first-order valence-electron chi connectivity index (χ1n) is 9.43. The van der Waals surface area contributed by atoms with E-state index in [0.717, 1.165) is 37.3 Å². The zero-order chi connectivity index (χ0) is 18.5. The summed E-state index contributed by atoms with van der Waals surface area (Å²) in [7, 11) is 0. The molecule has 1 fully saturated rings. The van der Waals surface area contributed by atoms with Crippen molar-refractivity contribution in [2.75, 3.05) is 13.1 Å². The lowest BCUT2D eigenvalue weighted by molar-refractivity contribution is -0.126. The molecular weight excluding hydrogens is 328 g/mol. The van der Waals surface area contributed by atoms with Crippen molar-refractivity contribution in [2.45, 2.75) is 52.1 Å². The molecule has 6 nitrogen and oxygen atoms in total. The van der Waals surface area contributed by atoms with Gasteiger partial charge < -0.3 is 9.84 Å². The number of benzene rings is 1. The highest BCUT2D eigenvalue weighted by atomic mass is 16.5. The zero-order valence-corrected chi connectivity index (χ0v) is 15.8. The molecule has 1 aliphatic rings. The number of carbonyl (C=O) groups excluding carboxylic acids is 1. The molecule has 26 heavy (non-hydrogen) atoms. The average molecular weight is 356 g/mol. The highest BCUT2D eigenvalue weighted by molar-refractivity contribution is 5.78. The molecular formula is C20H28N4O2. The van der Waals surface area contributed by atoms with Crippen molar-refractivity contribution in [1.82, 2.24) is 20.4 Å². The third-order valence-electron chi connectivity index (χ3n) is 5.09. The molecule has 3 rings (SSSR count). The standard InChI is InChI=1S/C20H28N4O2/c1-14(2)18-22-20(26-23-18)15(3)24-11-9-17(10-12-24)19(25)21-13-16-7-5-4-6-8-16/h4-8,14-15,17H,9-13H2,1-3H3,(H,21,25)/t15-/m1/s1. The Bertz CT molecular complexity index is 706. The van der Waals surface area contributed by atoms with Gasteiger partial charge in [-0.3, -0.25) is 9.69 Å². The Hall–Kier alpha value is -2.21. The van der Waals surface area contributed by atoms with E-state index in [2.05, 4.69) is 41.1 Å². The van der Waals surface area contributed by atoms with E-state index in [4.69, 9.17) is 4.52 Å². The predicted molar refractivity (Wildman–Crippen MR) is 99.4 cm³/mol. The Morgan fingerprint density at radius 1 is 1.23 bits per heavy atom. The van der Waals surface area contributed by atoms with E-state index in [1.165, 1.54) is 0 Å². The molecule has 1 aromatic heterocycles. The van der Waals surface area contributed by atoms with Crippen LogP contribution in [0.1, 0.15) is 62.9 Å². The van der Waals surface area contributed by atoms with Gasteiger partial charge in [0.25, 0.3) is 0 Å². The van der Waals surface area contributed by atoms with Crippen molar-refractivity contribution in [2.24, 2.45) is 5.92 Å². The molecule has 0 saturated carbocycles. The highest BCUT2D eigenvalue weighted by Crippen LogP contribution is 2.26. The molecule has 1 N–H and O–H groups in total. The number of carbonyl (C=O) groups is 1. The summed E-state index contributed by atoms with van der Waals surface area (Å²) in [6.45, 7) is 8.52. The first-order chi connectivity index (χ1) is 12.5. The van der Waals surface area contributed by atoms with Crippen LogP contribution in [-0.4, -0.2) is 34.0 Å². The third-order valence-corrected chi connectivity index (χ3v) is 5.09. The van der Waals surface area contributed by atoms with Gasteiger partial charge in [0.15, 0.2) is 5.82 Å². The fourth-order valence-corrected chi connectivity index (χ4v) is 3.29. The third kappa shape index (κ3) is 4.49. The summed E-state index contributed by atoms with van der Waals surface area (Å²) in [6, 6.07) is 10.1. The number of nitrogens with zero attached hydrogens (tertiary/aromatic N) is 3. The molecule has 0 spiro atoms. The fourth-order valence-electron chi connectivity index (χ4n) is 3.29. The molecule has 6 heteroatoms. The Kier molecular flexibility index (Phi) is 6.04. The van der Waals surface area contributed by atoms with Gasteiger partial charge in [-0.25, -0.2) is 0 Å². The van der Waals surface area contributed by atoms with E-state index >= 15 is 0 Å². The number of nitrogens with one attached hydrogen (secondary N) is 1. The van der Waals surface area contributed by atoms with Crippen LogP contribution in [0.25, 0.3) is 0 Å². The number of rotatable bonds is 6. The van der Waals surface area contributed by atoms with Gasteiger partial charge in [0.2, 0.25) is 11.8 Å². The van der Waals surface area contributed by atoms with Gasteiger partial charge in [-0.15, -0.1) is 0 Å². The summed E-state index contributed by atoms with van der Waals surface area (Å²) in [4.78, 5) is 19.2. The number of piperidine rings is 1. The number of amides is 1. The van der Waals surface area contributed by atoms with E-state index in [-0.39, 0.29) is 23.8 Å². The fraction of sp³-hybridized carbons (Fsp3) is 0.550. The maximum Gasteiger partial charge on any atom is 0.243 e. The van der Waals surface area contributed by atoms with Crippen molar-refractivity contribution < 1.29 is 9.32 Å². The molecule has 2 aromatic rings. The van der Waals surface area contributed by atoms with Crippen molar-refractivity contribution in [3.05, 3.63) is 47.6 Å². The minimum Gasteiger partial charge on any atom is -0.352 e. The molecule has 0 radical (unpaired) electrons. The van der Waals surface area contributed by atoms with Gasteiger partial charge in [-0.1, -0.05) is 49.3 Å². The first-order valence-corrected chi connectivity index (χ1v) is 9.43. The van der Waals surface area contributed by atoms with Gasteiger partial charge in [-0.2, -0.15) is 4.98 Å². The quantitative estimate of drug-likeness (QED) is 0.860. The highest BCUT2D eigenvalue weighted by Gasteiger charge is 2.29. The van der Waals surface area contributed by atoms with Crippen LogP contribution >= 0.6 is 0 Å². The van der Waals surface area contributed by atoms with Crippen molar-refractivity contribution in [1.29, 1.82) is 0 Å². The van der Waals surface area contributed by atoms with Crippen LogP contribution in [-0.2, 0) is 11.3 Å². The van der Waals surface area contributed by atoms with Crippen LogP contribution in [0.5, 0.6) is 0 Å². The van der Waals surface area contributed by atoms with Crippen molar-refractivity contribution in [3.8, 4) is 0 Å². The monoisotopic (exact) mass is 356 g/mol. The lowest BCUT2D eigenvalue weighted by Gasteiger charge is -2.33. The number of aromatic nitrogens is 2. The second-order valence-electron chi connectivity index (χ2n) is 7.34. The van der Waals surface area contributed by atoms with Crippen molar-refractivity contribution in [3.63, 3.8) is 0 Å². The summed E-state index contributed by atoms with van der Waals surface area (Å²) in [6.07, 6.45) is 1.71. The summed E-state index contributed by atoms with van der Waals surface area (Å²) in [5.41, 5.74) is 1.13. The molecule has 0 aliphatic carbocycles. The van der Waals surface area contributed by atoms with E-state index in [1.54, 1.807) is 0 Å². The molecule has 1 atom stereocenters. The molecule has 2 heterocycles. The summed E-state index contributed by atoms with van der Waals surface area (Å²) >= 11 is 0. The van der Waals surface area contributed by atoms with Crippen LogP contribution in [0.15, 0.2) is 34.9 Å². The van der Waals surface area contributed by atoms with Gasteiger partial charge in [-0.05, 0) is 38.4 Å². The van der Waals surface area contributed by atoms with Crippen LogP contribution in [0.4, 0.5) is 0 Å². The summed E-state index contributed by atoms with van der Waals surface area (Å²) < 4.78 is 5.42. The normalized spacial score (nSPS) is 17.4. The van der Waals surface area contributed by atoms with Crippen LogP contribution in [0.2, 0.25) is 0 Å². The van der Waals surface area contributed by atoms with Gasteiger partial charge in [0.05, 0.1) is 6.04 Å². The zero-order valence-electron chi connectivity index (χ0n) is 15.8. The van der Waals surface area contributed by atoms with Gasteiger partial charge in [0, 0.05) is 18.4 Å². The maximum atomic E-state index is 12.4. The molecule has 1 amide bonds. The lowest BCUT2D eigenvalue weighted by atomic mass is 9.95. The second kappa shape index (κ2) is 8.45. The number of hydrogen-bond acceptors (Lipinski definition) is 5. The topological polar surface area (TPSA) is 71.3 Å².